The van der Waals surface area contributed by atoms with E-state index in [9.17, 15) is 0 Å². The Morgan fingerprint density at radius 3 is 2.67 bits per heavy atom. The van der Waals surface area contributed by atoms with E-state index < -0.39 is 0 Å². The molecule has 18 heavy (non-hydrogen) atoms. The second-order valence-electron chi connectivity index (χ2n) is 6.55. The van der Waals surface area contributed by atoms with Crippen molar-refractivity contribution < 1.29 is 4.74 Å². The Hall–Kier alpha value is -1.02. The van der Waals surface area contributed by atoms with Crippen molar-refractivity contribution in [3.63, 3.8) is 0 Å². The third-order valence-corrected chi connectivity index (χ3v) is 4.69. The summed E-state index contributed by atoms with van der Waals surface area (Å²) in [4.78, 5) is 0. The van der Waals surface area contributed by atoms with Gasteiger partial charge in [-0.05, 0) is 37.7 Å². The number of fused-ring (bicyclic) bond motifs is 1. The van der Waals surface area contributed by atoms with E-state index in [1.54, 1.807) is 0 Å². The molecular formula is C16H23NO. The molecule has 1 saturated carbocycles. The normalized spacial score (nSPS) is 34.1. The smallest absolute Gasteiger partial charge is 0.124 e. The van der Waals surface area contributed by atoms with E-state index in [0.29, 0.717) is 0 Å². The molecular weight excluding hydrogens is 222 g/mol. The minimum atomic E-state index is 0.0383. The van der Waals surface area contributed by atoms with Gasteiger partial charge in [-0.3, -0.25) is 0 Å². The van der Waals surface area contributed by atoms with E-state index >= 15 is 0 Å². The van der Waals surface area contributed by atoms with Crippen molar-refractivity contribution in [2.45, 2.75) is 51.7 Å². The van der Waals surface area contributed by atoms with Gasteiger partial charge in [0.05, 0.1) is 0 Å². The molecule has 0 bridgehead atoms. The van der Waals surface area contributed by atoms with E-state index in [2.05, 4.69) is 39.0 Å². The van der Waals surface area contributed by atoms with Gasteiger partial charge in [0.25, 0.3) is 0 Å². The first-order valence-electron chi connectivity index (χ1n) is 7.04. The zero-order valence-electron chi connectivity index (χ0n) is 11.6. The molecule has 1 aliphatic carbocycles. The minimum absolute atomic E-state index is 0.0383. The summed E-state index contributed by atoms with van der Waals surface area (Å²) in [6, 6.07) is 6.52. The fourth-order valence-corrected chi connectivity index (χ4v) is 3.45. The first-order valence-corrected chi connectivity index (χ1v) is 7.04. The Labute approximate surface area is 110 Å². The summed E-state index contributed by atoms with van der Waals surface area (Å²) in [5.41, 5.74) is 8.83. The fraction of sp³-hybridized carbons (Fsp3) is 0.625. The Morgan fingerprint density at radius 2 is 2.00 bits per heavy atom. The summed E-state index contributed by atoms with van der Waals surface area (Å²) in [5.74, 6) is 2.58. The molecule has 0 amide bonds. The van der Waals surface area contributed by atoms with Crippen LogP contribution in [0.25, 0.3) is 0 Å². The zero-order valence-corrected chi connectivity index (χ0v) is 11.6. The highest BCUT2D eigenvalue weighted by Crippen LogP contribution is 2.52. The number of nitrogens with two attached hydrogens (primary N) is 1. The van der Waals surface area contributed by atoms with E-state index in [-0.39, 0.29) is 11.6 Å². The van der Waals surface area contributed by atoms with Crippen molar-refractivity contribution in [1.29, 1.82) is 0 Å². The second kappa shape index (κ2) is 3.99. The van der Waals surface area contributed by atoms with Gasteiger partial charge in [0, 0.05) is 18.0 Å². The van der Waals surface area contributed by atoms with Crippen LogP contribution in [-0.2, 0) is 0 Å². The molecule has 2 nitrogen and oxygen atoms in total. The van der Waals surface area contributed by atoms with E-state index in [0.717, 1.165) is 24.0 Å². The topological polar surface area (TPSA) is 35.2 Å². The molecule has 1 aliphatic heterocycles. The molecule has 1 atom stereocenters. The third-order valence-electron chi connectivity index (χ3n) is 4.69. The van der Waals surface area contributed by atoms with Crippen LogP contribution in [0.4, 0.5) is 0 Å². The lowest BCUT2D eigenvalue weighted by atomic mass is 9.62. The molecule has 1 fully saturated rings. The largest absolute Gasteiger partial charge is 0.487 e. The van der Waals surface area contributed by atoms with Crippen molar-refractivity contribution in [1.82, 2.24) is 0 Å². The Bertz CT molecular complexity index is 460. The lowest BCUT2D eigenvalue weighted by Crippen LogP contribution is -2.53. The van der Waals surface area contributed by atoms with Crippen LogP contribution in [0.5, 0.6) is 5.75 Å². The van der Waals surface area contributed by atoms with Crippen LogP contribution >= 0.6 is 0 Å². The van der Waals surface area contributed by atoms with Crippen molar-refractivity contribution >= 4 is 0 Å². The average molecular weight is 245 g/mol. The second-order valence-corrected chi connectivity index (χ2v) is 6.55. The van der Waals surface area contributed by atoms with Crippen LogP contribution in [0, 0.1) is 18.8 Å². The molecule has 98 valence electrons. The van der Waals surface area contributed by atoms with Crippen LogP contribution in [-0.4, -0.2) is 5.60 Å². The highest BCUT2D eigenvalue weighted by molar-refractivity contribution is 5.42. The van der Waals surface area contributed by atoms with Crippen molar-refractivity contribution in [2.75, 3.05) is 0 Å². The number of benzene rings is 1. The number of ether oxygens (including phenoxy) is 1. The molecule has 1 aromatic carbocycles. The van der Waals surface area contributed by atoms with Gasteiger partial charge in [-0.25, -0.2) is 0 Å². The highest BCUT2D eigenvalue weighted by atomic mass is 16.5. The van der Waals surface area contributed by atoms with Crippen molar-refractivity contribution in [3.05, 3.63) is 29.3 Å². The lowest BCUT2D eigenvalue weighted by molar-refractivity contribution is -0.0845. The van der Waals surface area contributed by atoms with Crippen molar-refractivity contribution in [2.24, 2.45) is 17.6 Å². The molecule has 2 heteroatoms. The predicted molar refractivity (Wildman–Crippen MR) is 73.6 cm³/mol. The van der Waals surface area contributed by atoms with Gasteiger partial charge in [-0.1, -0.05) is 31.5 Å². The van der Waals surface area contributed by atoms with Gasteiger partial charge in [0.2, 0.25) is 0 Å². The summed E-state index contributed by atoms with van der Waals surface area (Å²) >= 11 is 0. The summed E-state index contributed by atoms with van der Waals surface area (Å²) in [5, 5.41) is 0. The van der Waals surface area contributed by atoms with Gasteiger partial charge in [-0.15, -0.1) is 0 Å². The Morgan fingerprint density at radius 1 is 1.28 bits per heavy atom. The lowest BCUT2D eigenvalue weighted by Gasteiger charge is -2.52. The summed E-state index contributed by atoms with van der Waals surface area (Å²) < 4.78 is 6.28. The molecule has 1 spiro atoms. The summed E-state index contributed by atoms with van der Waals surface area (Å²) in [6.45, 7) is 6.71. The van der Waals surface area contributed by atoms with Crippen LogP contribution in [0.2, 0.25) is 0 Å². The minimum Gasteiger partial charge on any atom is -0.487 e. The van der Waals surface area contributed by atoms with Crippen LogP contribution in [0.1, 0.15) is 50.3 Å². The van der Waals surface area contributed by atoms with E-state index in [1.807, 2.05) is 0 Å². The van der Waals surface area contributed by atoms with Gasteiger partial charge >= 0.3 is 0 Å². The quantitative estimate of drug-likeness (QED) is 0.820. The van der Waals surface area contributed by atoms with Gasteiger partial charge in [0.1, 0.15) is 11.4 Å². The molecule has 1 aromatic rings. The Balaban J connectivity index is 1.83. The van der Waals surface area contributed by atoms with Gasteiger partial charge < -0.3 is 10.5 Å². The first kappa shape index (κ1) is 12.0. The number of hydrogen-bond acceptors (Lipinski definition) is 2. The number of rotatable bonds is 1. The van der Waals surface area contributed by atoms with Crippen LogP contribution in [0.15, 0.2) is 18.2 Å². The molecule has 0 radical (unpaired) electrons. The highest BCUT2D eigenvalue weighted by Gasteiger charge is 2.50. The van der Waals surface area contributed by atoms with Gasteiger partial charge in [0.15, 0.2) is 0 Å². The van der Waals surface area contributed by atoms with Crippen LogP contribution < -0.4 is 10.5 Å². The molecule has 3 rings (SSSR count). The van der Waals surface area contributed by atoms with Gasteiger partial charge in [-0.2, -0.15) is 0 Å². The predicted octanol–water partition coefficient (Wildman–Crippen LogP) is 3.58. The molecule has 0 saturated heterocycles. The number of aryl methyl sites for hydroxylation is 1. The van der Waals surface area contributed by atoms with Crippen molar-refractivity contribution in [3.8, 4) is 5.75 Å². The molecule has 0 unspecified atom stereocenters. The fourth-order valence-electron chi connectivity index (χ4n) is 3.45. The molecule has 2 N–H and O–H groups in total. The summed E-state index contributed by atoms with van der Waals surface area (Å²) in [7, 11) is 0. The average Bonchev–Trinajstić information content (AvgIpc) is 2.26. The van der Waals surface area contributed by atoms with E-state index in [1.165, 1.54) is 24.0 Å². The standard InChI is InChI=1S/C16H23NO/c1-10(2)12-7-16(8-12)9-14(17)13-6-11(3)4-5-15(13)18-16/h4-6,10,12,14H,7-9,17H2,1-3H3/t12?,14-,16?/m1/s1. The van der Waals surface area contributed by atoms with E-state index in [4.69, 9.17) is 10.5 Å². The molecule has 2 aliphatic rings. The monoisotopic (exact) mass is 245 g/mol. The SMILES string of the molecule is Cc1ccc2c(c1)[C@H](N)CC1(CC(C(C)C)C1)O2. The maximum Gasteiger partial charge on any atom is 0.124 e. The third kappa shape index (κ3) is 1.83. The first-order chi connectivity index (χ1) is 8.49. The zero-order chi connectivity index (χ0) is 12.9. The maximum absolute atomic E-state index is 6.34. The maximum atomic E-state index is 6.34. The summed E-state index contributed by atoms with van der Waals surface area (Å²) in [6.07, 6.45) is 3.32. The Kier molecular flexibility index (Phi) is 2.67. The molecule has 0 aromatic heterocycles. The van der Waals surface area contributed by atoms with Crippen LogP contribution in [0.3, 0.4) is 0 Å². The number of hydrogen-bond donors (Lipinski definition) is 1. The molecule has 1 heterocycles.